The highest BCUT2D eigenvalue weighted by molar-refractivity contribution is 5.50. The predicted octanol–water partition coefficient (Wildman–Crippen LogP) is 1.82. The van der Waals surface area contributed by atoms with Crippen molar-refractivity contribution < 1.29 is 10.0 Å². The summed E-state index contributed by atoms with van der Waals surface area (Å²) in [6, 6.07) is 4.50. The third-order valence-electron chi connectivity index (χ3n) is 4.82. The van der Waals surface area contributed by atoms with Crippen LogP contribution in [0.15, 0.2) is 23.0 Å². The van der Waals surface area contributed by atoms with Crippen LogP contribution in [0.25, 0.3) is 0 Å². The Bertz CT molecular complexity index is 904. The molecule has 2 N–H and O–H groups in total. The maximum Gasteiger partial charge on any atom is 0.311 e. The number of para-hydroxylation sites is 1. The molecule has 2 heterocycles. The number of nitro benzene ring substituents is 1. The van der Waals surface area contributed by atoms with Crippen LogP contribution in [-0.4, -0.2) is 31.4 Å². The monoisotopic (exact) mass is 342 g/mol. The van der Waals surface area contributed by atoms with Gasteiger partial charge in [0.1, 0.15) is 5.82 Å². The smallest absolute Gasteiger partial charge is 0.311 e. The topological polar surface area (TPSA) is 112 Å². The molecule has 1 fully saturated rings. The maximum atomic E-state index is 12.4. The van der Waals surface area contributed by atoms with E-state index in [1.54, 1.807) is 12.1 Å². The lowest BCUT2D eigenvalue weighted by molar-refractivity contribution is -0.385. The first-order chi connectivity index (χ1) is 12.0. The Labute approximate surface area is 143 Å². The first-order valence-electron chi connectivity index (χ1n) is 8.32. The second-order valence-corrected chi connectivity index (χ2v) is 6.65. The quantitative estimate of drug-likeness (QED) is 0.647. The number of phenolic OH excluding ortho intramolecular Hbond substituents is 1. The Morgan fingerprint density at radius 1 is 1.40 bits per heavy atom. The first kappa shape index (κ1) is 15.8. The molecule has 4 rings (SSSR count). The lowest BCUT2D eigenvalue weighted by Gasteiger charge is -2.27. The summed E-state index contributed by atoms with van der Waals surface area (Å²) >= 11 is 0. The van der Waals surface area contributed by atoms with E-state index in [1.165, 1.54) is 6.07 Å². The molecule has 2 aliphatic rings. The van der Waals surface area contributed by atoms with Gasteiger partial charge in [-0.15, -0.1) is 0 Å². The summed E-state index contributed by atoms with van der Waals surface area (Å²) in [5.41, 5.74) is 1.59. The standard InChI is InChI=1S/C17H18N4O4/c22-15-11(2-1-3-14(15)21(24)25)8-20-7-6-13-12(9-20)17(23)19-16(18-13)10-4-5-10/h1-3,10,22H,4-9H2,(H,18,19,23). The summed E-state index contributed by atoms with van der Waals surface area (Å²) in [5, 5.41) is 21.0. The van der Waals surface area contributed by atoms with Crippen molar-refractivity contribution in [3.8, 4) is 5.75 Å². The minimum absolute atomic E-state index is 0.0973. The number of fused-ring (bicyclic) bond motifs is 1. The van der Waals surface area contributed by atoms with E-state index in [2.05, 4.69) is 9.97 Å². The van der Waals surface area contributed by atoms with Crippen LogP contribution >= 0.6 is 0 Å². The number of hydrogen-bond donors (Lipinski definition) is 2. The lowest BCUT2D eigenvalue weighted by Crippen LogP contribution is -2.35. The van der Waals surface area contributed by atoms with Gasteiger partial charge in [0, 0.05) is 43.6 Å². The molecule has 0 atom stereocenters. The second kappa shape index (κ2) is 5.96. The van der Waals surface area contributed by atoms with E-state index in [4.69, 9.17) is 0 Å². The third-order valence-corrected chi connectivity index (χ3v) is 4.82. The number of H-pyrrole nitrogens is 1. The predicted molar refractivity (Wildman–Crippen MR) is 89.4 cm³/mol. The Hall–Kier alpha value is -2.74. The first-order valence-corrected chi connectivity index (χ1v) is 8.32. The molecule has 0 spiro atoms. The summed E-state index contributed by atoms with van der Waals surface area (Å²) in [4.78, 5) is 32.2. The van der Waals surface area contributed by atoms with Crippen LogP contribution in [0.3, 0.4) is 0 Å². The van der Waals surface area contributed by atoms with Gasteiger partial charge in [-0.1, -0.05) is 12.1 Å². The Kier molecular flexibility index (Phi) is 3.76. The molecule has 1 aromatic carbocycles. The van der Waals surface area contributed by atoms with Gasteiger partial charge in [-0.3, -0.25) is 19.8 Å². The van der Waals surface area contributed by atoms with Crippen molar-refractivity contribution in [3.63, 3.8) is 0 Å². The molecule has 0 bridgehead atoms. The number of phenols is 1. The molecule has 8 heteroatoms. The van der Waals surface area contributed by atoms with Crippen LogP contribution in [0.1, 0.15) is 41.4 Å². The molecule has 2 aromatic rings. The summed E-state index contributed by atoms with van der Waals surface area (Å²) in [5.74, 6) is 0.890. The van der Waals surface area contributed by atoms with Crippen LogP contribution in [0.5, 0.6) is 5.75 Å². The molecule has 1 aromatic heterocycles. The summed E-state index contributed by atoms with van der Waals surface area (Å²) in [7, 11) is 0. The van der Waals surface area contributed by atoms with Crippen LogP contribution in [-0.2, 0) is 19.5 Å². The molecule has 0 amide bonds. The Morgan fingerprint density at radius 2 is 2.20 bits per heavy atom. The molecule has 130 valence electrons. The van der Waals surface area contributed by atoms with E-state index in [9.17, 15) is 20.0 Å². The van der Waals surface area contributed by atoms with Gasteiger partial charge < -0.3 is 10.1 Å². The molecular weight excluding hydrogens is 324 g/mol. The van der Waals surface area contributed by atoms with Crippen LogP contribution in [0, 0.1) is 10.1 Å². The van der Waals surface area contributed by atoms with Crippen LogP contribution in [0.2, 0.25) is 0 Å². The third kappa shape index (κ3) is 3.00. The van der Waals surface area contributed by atoms with Gasteiger partial charge >= 0.3 is 5.69 Å². The number of hydrogen-bond acceptors (Lipinski definition) is 6. The summed E-state index contributed by atoms with van der Waals surface area (Å²) in [6.45, 7) is 1.46. The van der Waals surface area contributed by atoms with Crippen LogP contribution in [0.4, 0.5) is 5.69 Å². The largest absolute Gasteiger partial charge is 0.502 e. The van der Waals surface area contributed by atoms with Gasteiger partial charge in [0.15, 0.2) is 5.75 Å². The van der Waals surface area contributed by atoms with E-state index in [1.807, 2.05) is 4.90 Å². The van der Waals surface area contributed by atoms with Gasteiger partial charge in [0.05, 0.1) is 16.2 Å². The number of aromatic nitrogens is 2. The number of rotatable bonds is 4. The fourth-order valence-electron chi connectivity index (χ4n) is 3.28. The highest BCUT2D eigenvalue weighted by Crippen LogP contribution is 2.38. The van der Waals surface area contributed by atoms with Crippen molar-refractivity contribution in [2.45, 2.75) is 38.3 Å². The van der Waals surface area contributed by atoms with Gasteiger partial charge in [0.2, 0.25) is 0 Å². The maximum absolute atomic E-state index is 12.4. The van der Waals surface area contributed by atoms with E-state index in [0.29, 0.717) is 43.1 Å². The van der Waals surface area contributed by atoms with Crippen molar-refractivity contribution in [2.24, 2.45) is 0 Å². The number of nitrogens with one attached hydrogen (secondary N) is 1. The average molecular weight is 342 g/mol. The highest BCUT2D eigenvalue weighted by atomic mass is 16.6. The highest BCUT2D eigenvalue weighted by Gasteiger charge is 2.29. The number of aromatic amines is 1. The molecule has 8 nitrogen and oxygen atoms in total. The van der Waals surface area contributed by atoms with Crippen molar-refractivity contribution in [1.29, 1.82) is 0 Å². The number of aromatic hydroxyl groups is 1. The van der Waals surface area contributed by atoms with Crippen LogP contribution < -0.4 is 5.56 Å². The molecule has 0 unspecified atom stereocenters. The summed E-state index contributed by atoms with van der Waals surface area (Å²) in [6.07, 6.45) is 2.83. The van der Waals surface area contributed by atoms with Crippen molar-refractivity contribution in [2.75, 3.05) is 6.54 Å². The van der Waals surface area contributed by atoms with E-state index < -0.39 is 4.92 Å². The van der Waals surface area contributed by atoms with Gasteiger partial charge in [-0.2, -0.15) is 0 Å². The molecule has 1 aliphatic carbocycles. The zero-order valence-corrected chi connectivity index (χ0v) is 13.6. The van der Waals surface area contributed by atoms with Crippen molar-refractivity contribution >= 4 is 5.69 Å². The van der Waals surface area contributed by atoms with E-state index >= 15 is 0 Å². The number of nitrogens with zero attached hydrogens (tertiary/aromatic N) is 3. The zero-order chi connectivity index (χ0) is 17.6. The minimum atomic E-state index is -0.599. The van der Waals surface area contributed by atoms with Gasteiger partial charge in [0.25, 0.3) is 5.56 Å². The van der Waals surface area contributed by atoms with Crippen molar-refractivity contribution in [1.82, 2.24) is 14.9 Å². The molecule has 25 heavy (non-hydrogen) atoms. The Morgan fingerprint density at radius 3 is 2.92 bits per heavy atom. The normalized spacial score (nSPS) is 17.3. The average Bonchev–Trinajstić information content (AvgIpc) is 3.42. The van der Waals surface area contributed by atoms with Crippen molar-refractivity contribution in [3.05, 3.63) is 61.3 Å². The lowest BCUT2D eigenvalue weighted by atomic mass is 10.1. The molecule has 0 radical (unpaired) electrons. The molecule has 1 saturated carbocycles. The number of nitro groups is 1. The fourth-order valence-corrected chi connectivity index (χ4v) is 3.28. The van der Waals surface area contributed by atoms with E-state index in [0.717, 1.165) is 24.4 Å². The SMILES string of the molecule is O=c1[nH]c(C2CC2)nc2c1CN(Cc1cccc([N+](=O)[O-])c1O)CC2. The zero-order valence-electron chi connectivity index (χ0n) is 13.6. The molecular formula is C17H18N4O4. The van der Waals surface area contributed by atoms with Gasteiger partial charge in [-0.05, 0) is 12.8 Å². The molecule has 0 saturated heterocycles. The number of benzene rings is 1. The molecule has 1 aliphatic heterocycles. The minimum Gasteiger partial charge on any atom is -0.502 e. The summed E-state index contributed by atoms with van der Waals surface area (Å²) < 4.78 is 0. The fraction of sp³-hybridized carbons (Fsp3) is 0.412. The second-order valence-electron chi connectivity index (χ2n) is 6.65. The van der Waals surface area contributed by atoms with E-state index in [-0.39, 0.29) is 17.0 Å². The van der Waals surface area contributed by atoms with Gasteiger partial charge in [-0.25, -0.2) is 4.98 Å². The Balaban J connectivity index is 1.56.